The summed E-state index contributed by atoms with van der Waals surface area (Å²) in [6.07, 6.45) is 1.41. The van der Waals surface area contributed by atoms with Gasteiger partial charge in [-0.05, 0) is 49.6 Å². The molecule has 0 unspecified atom stereocenters. The molecule has 0 spiro atoms. The third-order valence-corrected chi connectivity index (χ3v) is 4.92. The van der Waals surface area contributed by atoms with E-state index in [9.17, 15) is 4.79 Å². The molecule has 0 bridgehead atoms. The van der Waals surface area contributed by atoms with Crippen molar-refractivity contribution in [1.82, 2.24) is 10.2 Å². The maximum absolute atomic E-state index is 12.4. The fourth-order valence-electron chi connectivity index (χ4n) is 3.31. The van der Waals surface area contributed by atoms with Crippen molar-refractivity contribution in [1.29, 1.82) is 0 Å². The van der Waals surface area contributed by atoms with Crippen molar-refractivity contribution in [2.45, 2.75) is 38.5 Å². The normalized spacial score (nSPS) is 16.5. The van der Waals surface area contributed by atoms with Gasteiger partial charge in [-0.1, -0.05) is 30.3 Å². The number of rotatable bonds is 7. The first-order valence-corrected chi connectivity index (χ1v) is 9.51. The summed E-state index contributed by atoms with van der Waals surface area (Å²) >= 11 is 0. The molecule has 27 heavy (non-hydrogen) atoms. The zero-order valence-corrected chi connectivity index (χ0v) is 16.1. The van der Waals surface area contributed by atoms with Crippen LogP contribution in [0.4, 0.5) is 0 Å². The lowest BCUT2D eigenvalue weighted by Crippen LogP contribution is -2.47. The molecule has 5 nitrogen and oxygen atoms in total. The number of methoxy groups -OCH3 is 1. The molecule has 1 atom stereocenters. The van der Waals surface area contributed by atoms with Gasteiger partial charge >= 0.3 is 0 Å². The van der Waals surface area contributed by atoms with Crippen molar-refractivity contribution in [2.75, 3.05) is 20.2 Å². The Hall–Kier alpha value is -2.53. The highest BCUT2D eigenvalue weighted by atomic mass is 16.5. The molecular weight excluding hydrogens is 340 g/mol. The van der Waals surface area contributed by atoms with E-state index in [1.165, 1.54) is 5.56 Å². The van der Waals surface area contributed by atoms with Gasteiger partial charge in [0.05, 0.1) is 7.11 Å². The highest BCUT2D eigenvalue weighted by Crippen LogP contribution is 2.19. The molecule has 0 saturated carbocycles. The van der Waals surface area contributed by atoms with Gasteiger partial charge in [-0.2, -0.15) is 0 Å². The lowest BCUT2D eigenvalue weighted by molar-refractivity contribution is -0.128. The quantitative estimate of drug-likeness (QED) is 0.815. The molecule has 1 aliphatic heterocycles. The van der Waals surface area contributed by atoms with Crippen LogP contribution < -0.4 is 14.8 Å². The smallest absolute Gasteiger partial charge is 0.260 e. The number of nitrogens with one attached hydrogen (secondary N) is 1. The molecule has 1 aliphatic rings. The molecule has 0 aromatic heterocycles. The highest BCUT2D eigenvalue weighted by Gasteiger charge is 2.23. The second-order valence-corrected chi connectivity index (χ2v) is 6.98. The predicted octanol–water partition coefficient (Wildman–Crippen LogP) is 3.24. The Bertz CT molecular complexity index is 710. The maximum atomic E-state index is 12.4. The first-order chi connectivity index (χ1) is 13.1. The van der Waals surface area contributed by atoms with Gasteiger partial charge in [0.2, 0.25) is 0 Å². The lowest BCUT2D eigenvalue weighted by Gasteiger charge is -2.32. The number of benzene rings is 2. The van der Waals surface area contributed by atoms with E-state index in [1.807, 2.05) is 30.3 Å². The van der Waals surface area contributed by atoms with Gasteiger partial charge in [0, 0.05) is 25.7 Å². The highest BCUT2D eigenvalue weighted by molar-refractivity contribution is 5.81. The van der Waals surface area contributed by atoms with Gasteiger partial charge < -0.3 is 14.8 Å². The molecule has 1 amide bonds. The Labute approximate surface area is 161 Å². The molecule has 144 valence electrons. The van der Waals surface area contributed by atoms with Crippen LogP contribution in [0.25, 0.3) is 0 Å². The van der Waals surface area contributed by atoms with Crippen LogP contribution in [0.3, 0.4) is 0 Å². The Kier molecular flexibility index (Phi) is 6.71. The van der Waals surface area contributed by atoms with Crippen LogP contribution in [-0.4, -0.2) is 43.2 Å². The molecule has 5 heteroatoms. The van der Waals surface area contributed by atoms with Crippen LogP contribution in [0.5, 0.6) is 11.5 Å². The number of hydrogen-bond acceptors (Lipinski definition) is 4. The number of likely N-dealkylation sites (tertiary alicyclic amines) is 1. The van der Waals surface area contributed by atoms with Crippen LogP contribution in [0.2, 0.25) is 0 Å². The van der Waals surface area contributed by atoms with Crippen molar-refractivity contribution in [2.24, 2.45) is 0 Å². The summed E-state index contributed by atoms with van der Waals surface area (Å²) < 4.78 is 10.9. The Morgan fingerprint density at radius 1 is 1.07 bits per heavy atom. The number of piperidine rings is 1. The molecule has 2 aromatic carbocycles. The van der Waals surface area contributed by atoms with Crippen molar-refractivity contribution in [3.63, 3.8) is 0 Å². The van der Waals surface area contributed by atoms with Crippen LogP contribution >= 0.6 is 0 Å². The minimum atomic E-state index is -0.527. The van der Waals surface area contributed by atoms with Gasteiger partial charge in [-0.15, -0.1) is 0 Å². The zero-order valence-electron chi connectivity index (χ0n) is 16.1. The van der Waals surface area contributed by atoms with E-state index < -0.39 is 6.10 Å². The SMILES string of the molecule is COc1ccc(O[C@@H](C)C(=O)NC2CCN(Cc3ccccc3)CC2)cc1. The topological polar surface area (TPSA) is 50.8 Å². The summed E-state index contributed by atoms with van der Waals surface area (Å²) in [6.45, 7) is 4.74. The zero-order chi connectivity index (χ0) is 19.1. The lowest BCUT2D eigenvalue weighted by atomic mass is 10.0. The van der Waals surface area contributed by atoms with E-state index in [0.29, 0.717) is 5.75 Å². The maximum Gasteiger partial charge on any atom is 0.260 e. The number of ether oxygens (including phenoxy) is 2. The summed E-state index contributed by atoms with van der Waals surface area (Å²) in [4.78, 5) is 14.9. The molecule has 3 rings (SSSR count). The van der Waals surface area contributed by atoms with E-state index in [-0.39, 0.29) is 11.9 Å². The summed E-state index contributed by atoms with van der Waals surface area (Å²) in [7, 11) is 1.62. The number of carbonyl (C=O) groups is 1. The first kappa shape index (κ1) is 19.2. The third kappa shape index (κ3) is 5.73. The first-order valence-electron chi connectivity index (χ1n) is 9.51. The summed E-state index contributed by atoms with van der Waals surface area (Å²) in [5, 5.41) is 3.13. The second-order valence-electron chi connectivity index (χ2n) is 6.98. The molecule has 1 N–H and O–H groups in total. The second kappa shape index (κ2) is 9.42. The van der Waals surface area contributed by atoms with E-state index in [1.54, 1.807) is 14.0 Å². The van der Waals surface area contributed by atoms with E-state index in [0.717, 1.165) is 38.2 Å². The molecule has 0 radical (unpaired) electrons. The summed E-state index contributed by atoms with van der Waals surface area (Å²) in [5.74, 6) is 1.37. The number of nitrogens with zero attached hydrogens (tertiary/aromatic N) is 1. The molecule has 1 saturated heterocycles. The van der Waals surface area contributed by atoms with Gasteiger partial charge in [-0.25, -0.2) is 0 Å². The monoisotopic (exact) mass is 368 g/mol. The van der Waals surface area contributed by atoms with Crippen LogP contribution in [0.1, 0.15) is 25.3 Å². The van der Waals surface area contributed by atoms with E-state index in [4.69, 9.17) is 9.47 Å². The third-order valence-electron chi connectivity index (χ3n) is 4.92. The number of carbonyl (C=O) groups excluding carboxylic acids is 1. The van der Waals surface area contributed by atoms with Crippen molar-refractivity contribution < 1.29 is 14.3 Å². The Morgan fingerprint density at radius 2 is 1.70 bits per heavy atom. The summed E-state index contributed by atoms with van der Waals surface area (Å²) in [5.41, 5.74) is 1.33. The minimum absolute atomic E-state index is 0.0627. The predicted molar refractivity (Wildman–Crippen MR) is 106 cm³/mol. The minimum Gasteiger partial charge on any atom is -0.497 e. The molecule has 0 aliphatic carbocycles. The van der Waals surface area contributed by atoms with Crippen molar-refractivity contribution >= 4 is 5.91 Å². The van der Waals surface area contributed by atoms with Gasteiger partial charge in [0.25, 0.3) is 5.91 Å². The van der Waals surface area contributed by atoms with E-state index in [2.05, 4.69) is 34.5 Å². The van der Waals surface area contributed by atoms with Gasteiger partial charge in [-0.3, -0.25) is 9.69 Å². The average molecular weight is 368 g/mol. The van der Waals surface area contributed by atoms with Gasteiger partial charge in [0.15, 0.2) is 6.10 Å². The van der Waals surface area contributed by atoms with E-state index >= 15 is 0 Å². The standard InChI is InChI=1S/C22H28N2O3/c1-17(27-21-10-8-20(26-2)9-11-21)22(25)23-19-12-14-24(15-13-19)16-18-6-4-3-5-7-18/h3-11,17,19H,12-16H2,1-2H3,(H,23,25)/t17-/m0/s1. The molecular formula is C22H28N2O3. The van der Waals surface area contributed by atoms with Crippen LogP contribution in [0, 0.1) is 0 Å². The largest absolute Gasteiger partial charge is 0.497 e. The van der Waals surface area contributed by atoms with Crippen molar-refractivity contribution in [3.05, 3.63) is 60.2 Å². The number of amides is 1. The fourth-order valence-corrected chi connectivity index (χ4v) is 3.31. The summed E-state index contributed by atoms with van der Waals surface area (Å²) in [6, 6.07) is 18.0. The molecule has 1 fully saturated rings. The average Bonchev–Trinajstić information content (AvgIpc) is 2.71. The Balaban J connectivity index is 1.41. The molecule has 2 aromatic rings. The fraction of sp³-hybridized carbons (Fsp3) is 0.409. The van der Waals surface area contributed by atoms with Crippen molar-refractivity contribution in [3.8, 4) is 11.5 Å². The molecule has 1 heterocycles. The van der Waals surface area contributed by atoms with Crippen LogP contribution in [-0.2, 0) is 11.3 Å². The van der Waals surface area contributed by atoms with Gasteiger partial charge in [0.1, 0.15) is 11.5 Å². The Morgan fingerprint density at radius 3 is 2.33 bits per heavy atom. The number of hydrogen-bond donors (Lipinski definition) is 1. The van der Waals surface area contributed by atoms with Crippen LogP contribution in [0.15, 0.2) is 54.6 Å².